The number of methoxy groups -OCH3 is 1. The lowest BCUT2D eigenvalue weighted by Gasteiger charge is -2.14. The van der Waals surface area contributed by atoms with Crippen LogP contribution in [0.15, 0.2) is 18.2 Å². The van der Waals surface area contributed by atoms with Crippen molar-refractivity contribution in [3.8, 4) is 5.75 Å². The van der Waals surface area contributed by atoms with Gasteiger partial charge in [-0.3, -0.25) is 4.79 Å². The maximum absolute atomic E-state index is 11.0. The van der Waals surface area contributed by atoms with Crippen molar-refractivity contribution in [2.45, 2.75) is 32.2 Å². The summed E-state index contributed by atoms with van der Waals surface area (Å²) in [6.07, 6.45) is 1.61. The highest BCUT2D eigenvalue weighted by Crippen LogP contribution is 2.27. The average molecular weight is 286 g/mol. The van der Waals surface area contributed by atoms with Crippen LogP contribution in [0.2, 0.25) is 5.02 Å². The highest BCUT2D eigenvalue weighted by molar-refractivity contribution is 6.31. The Morgan fingerprint density at radius 2 is 2.21 bits per heavy atom. The summed E-state index contributed by atoms with van der Waals surface area (Å²) in [6.45, 7) is 2.37. The van der Waals surface area contributed by atoms with Gasteiger partial charge in [0.05, 0.1) is 13.7 Å². The molecule has 0 fully saturated rings. The number of esters is 1. The molecule has 0 aliphatic carbocycles. The highest BCUT2D eigenvalue weighted by Gasteiger charge is 2.10. The van der Waals surface area contributed by atoms with Gasteiger partial charge in [0.2, 0.25) is 0 Å². The van der Waals surface area contributed by atoms with E-state index in [1.165, 1.54) is 7.11 Å². The molecule has 1 atom stereocenters. The van der Waals surface area contributed by atoms with Crippen molar-refractivity contribution in [1.82, 2.24) is 0 Å². The van der Waals surface area contributed by atoms with E-state index in [1.807, 2.05) is 25.1 Å². The Morgan fingerprint density at radius 3 is 2.84 bits per heavy atom. The zero-order valence-electron chi connectivity index (χ0n) is 11.3. The van der Waals surface area contributed by atoms with Crippen molar-refractivity contribution in [2.75, 3.05) is 13.7 Å². The summed E-state index contributed by atoms with van der Waals surface area (Å²) in [4.78, 5) is 11.0. The van der Waals surface area contributed by atoms with Crippen molar-refractivity contribution in [1.29, 1.82) is 0 Å². The van der Waals surface area contributed by atoms with Crippen LogP contribution in [0, 0.1) is 0 Å². The molecule has 0 spiro atoms. The van der Waals surface area contributed by atoms with Crippen molar-refractivity contribution in [3.63, 3.8) is 0 Å². The van der Waals surface area contributed by atoms with Gasteiger partial charge in [0.1, 0.15) is 5.75 Å². The molecule has 5 heteroatoms. The molecule has 2 N–H and O–H groups in total. The van der Waals surface area contributed by atoms with E-state index in [-0.39, 0.29) is 12.0 Å². The Labute approximate surface area is 118 Å². The van der Waals surface area contributed by atoms with Gasteiger partial charge in [-0.25, -0.2) is 0 Å². The van der Waals surface area contributed by atoms with E-state index in [4.69, 9.17) is 22.1 Å². The molecule has 0 aliphatic heterocycles. The monoisotopic (exact) mass is 285 g/mol. The molecule has 0 heterocycles. The zero-order valence-corrected chi connectivity index (χ0v) is 12.1. The van der Waals surface area contributed by atoms with E-state index in [0.717, 1.165) is 11.3 Å². The van der Waals surface area contributed by atoms with E-state index >= 15 is 0 Å². The molecule has 1 aromatic rings. The summed E-state index contributed by atoms with van der Waals surface area (Å²) in [5.41, 5.74) is 6.71. The number of hydrogen-bond donors (Lipinski definition) is 1. The van der Waals surface area contributed by atoms with Crippen LogP contribution < -0.4 is 10.5 Å². The molecule has 0 saturated carbocycles. The van der Waals surface area contributed by atoms with Gasteiger partial charge >= 0.3 is 5.97 Å². The lowest BCUT2D eigenvalue weighted by Crippen LogP contribution is -2.18. The molecule has 106 valence electrons. The predicted octanol–water partition coefficient (Wildman–Crippen LogP) is 2.56. The fourth-order valence-corrected chi connectivity index (χ4v) is 1.94. The first-order valence-electron chi connectivity index (χ1n) is 6.27. The van der Waals surface area contributed by atoms with Crippen molar-refractivity contribution in [3.05, 3.63) is 28.8 Å². The maximum Gasteiger partial charge on any atom is 0.305 e. The lowest BCUT2D eigenvalue weighted by atomic mass is 10.1. The second kappa shape index (κ2) is 8.02. The Morgan fingerprint density at radius 1 is 1.47 bits per heavy atom. The molecular formula is C14H20ClNO3. The van der Waals surface area contributed by atoms with Crippen molar-refractivity contribution in [2.24, 2.45) is 5.73 Å². The lowest BCUT2D eigenvalue weighted by molar-refractivity contribution is -0.140. The largest absolute Gasteiger partial charge is 0.493 e. The quantitative estimate of drug-likeness (QED) is 0.618. The molecule has 0 bridgehead atoms. The minimum atomic E-state index is -0.231. The van der Waals surface area contributed by atoms with Gasteiger partial charge in [0.25, 0.3) is 0 Å². The van der Waals surface area contributed by atoms with Crippen molar-refractivity contribution < 1.29 is 14.3 Å². The van der Waals surface area contributed by atoms with Crippen LogP contribution >= 0.6 is 11.6 Å². The van der Waals surface area contributed by atoms with Crippen LogP contribution in [0.3, 0.4) is 0 Å². The van der Waals surface area contributed by atoms with Crippen LogP contribution in [0.4, 0.5) is 0 Å². The maximum atomic E-state index is 11.0. The van der Waals surface area contributed by atoms with E-state index in [1.54, 1.807) is 0 Å². The third-order valence-electron chi connectivity index (χ3n) is 2.61. The van der Waals surface area contributed by atoms with Gasteiger partial charge < -0.3 is 15.2 Å². The van der Waals surface area contributed by atoms with Gasteiger partial charge in [-0.05, 0) is 31.9 Å². The number of nitrogens with two attached hydrogens (primary N) is 1. The Bertz CT molecular complexity index is 421. The van der Waals surface area contributed by atoms with E-state index in [2.05, 4.69) is 4.74 Å². The molecule has 0 amide bonds. The number of carbonyl (C=O) groups excluding carboxylic acids is 1. The van der Waals surface area contributed by atoms with Gasteiger partial charge in [-0.15, -0.1) is 0 Å². The Kier molecular flexibility index (Phi) is 6.67. The van der Waals surface area contributed by atoms with Crippen LogP contribution in [-0.2, 0) is 16.0 Å². The second-order valence-corrected chi connectivity index (χ2v) is 4.83. The molecule has 1 unspecified atom stereocenters. The Balaban J connectivity index is 2.57. The standard InChI is InChI=1S/C14H20ClNO3/c1-10(16)9-11-12(15)5-3-6-13(11)19-8-4-7-14(17)18-2/h3,5-6,10H,4,7-9,16H2,1-2H3. The number of halogens is 1. The van der Waals surface area contributed by atoms with Crippen LogP contribution in [-0.4, -0.2) is 25.7 Å². The topological polar surface area (TPSA) is 61.5 Å². The number of benzene rings is 1. The minimum Gasteiger partial charge on any atom is -0.493 e. The third kappa shape index (κ3) is 5.49. The average Bonchev–Trinajstić information content (AvgIpc) is 2.37. The zero-order chi connectivity index (χ0) is 14.3. The van der Waals surface area contributed by atoms with Gasteiger partial charge in [0.15, 0.2) is 0 Å². The summed E-state index contributed by atoms with van der Waals surface area (Å²) in [6, 6.07) is 5.53. The predicted molar refractivity (Wildman–Crippen MR) is 75.6 cm³/mol. The molecule has 0 aromatic heterocycles. The van der Waals surface area contributed by atoms with Crippen molar-refractivity contribution >= 4 is 17.6 Å². The number of hydrogen-bond acceptors (Lipinski definition) is 4. The molecule has 19 heavy (non-hydrogen) atoms. The summed E-state index contributed by atoms with van der Waals surface area (Å²) < 4.78 is 10.2. The van der Waals surface area contributed by atoms with E-state index < -0.39 is 0 Å². The van der Waals surface area contributed by atoms with E-state index in [9.17, 15) is 4.79 Å². The highest BCUT2D eigenvalue weighted by atomic mass is 35.5. The van der Waals surface area contributed by atoms with Gasteiger partial charge in [-0.2, -0.15) is 0 Å². The number of carbonyl (C=O) groups is 1. The number of rotatable bonds is 7. The van der Waals surface area contributed by atoms with Gasteiger partial charge in [-0.1, -0.05) is 17.7 Å². The van der Waals surface area contributed by atoms with Crippen LogP contribution in [0.1, 0.15) is 25.3 Å². The second-order valence-electron chi connectivity index (χ2n) is 4.43. The third-order valence-corrected chi connectivity index (χ3v) is 2.97. The fraction of sp³-hybridized carbons (Fsp3) is 0.500. The Hall–Kier alpha value is -1.26. The minimum absolute atomic E-state index is 0.0114. The first-order valence-corrected chi connectivity index (χ1v) is 6.65. The molecule has 0 radical (unpaired) electrons. The SMILES string of the molecule is COC(=O)CCCOc1cccc(Cl)c1CC(C)N. The van der Waals surface area contributed by atoms with Crippen LogP contribution in [0.5, 0.6) is 5.75 Å². The van der Waals surface area contributed by atoms with Crippen LogP contribution in [0.25, 0.3) is 0 Å². The molecule has 0 saturated heterocycles. The summed E-state index contributed by atoms with van der Waals surface area (Å²) in [5.74, 6) is 0.500. The van der Waals surface area contributed by atoms with E-state index in [0.29, 0.717) is 30.9 Å². The molecule has 4 nitrogen and oxygen atoms in total. The van der Waals surface area contributed by atoms with Gasteiger partial charge in [0, 0.05) is 23.0 Å². The normalized spacial score (nSPS) is 12.0. The fourth-order valence-electron chi connectivity index (χ4n) is 1.69. The summed E-state index contributed by atoms with van der Waals surface area (Å²) in [7, 11) is 1.38. The molecule has 1 rings (SSSR count). The molecule has 1 aromatic carbocycles. The summed E-state index contributed by atoms with van der Waals surface area (Å²) in [5, 5.41) is 0.655. The number of ether oxygens (including phenoxy) is 2. The smallest absolute Gasteiger partial charge is 0.305 e. The molecular weight excluding hydrogens is 266 g/mol. The summed E-state index contributed by atoms with van der Waals surface area (Å²) >= 11 is 6.15. The first-order chi connectivity index (χ1) is 9.04. The molecule has 0 aliphatic rings. The first kappa shape index (κ1) is 15.8.